The first kappa shape index (κ1) is 45.2. The summed E-state index contributed by atoms with van der Waals surface area (Å²) in [5.74, 6) is -3.55. The van der Waals surface area contributed by atoms with Crippen LogP contribution in [0.2, 0.25) is 0 Å². The number of hydrogen-bond donors (Lipinski definition) is 3. The number of hydrogen-bond acceptors (Lipinski definition) is 9. The van der Waals surface area contributed by atoms with Crippen molar-refractivity contribution >= 4 is 23.2 Å². The van der Waals surface area contributed by atoms with E-state index in [4.69, 9.17) is 21.6 Å². The lowest BCUT2D eigenvalue weighted by molar-refractivity contribution is -0.0000261. The Morgan fingerprint density at radius 3 is 1.55 bits per heavy atom. The smallest absolute Gasteiger partial charge is 0.362 e. The summed E-state index contributed by atoms with van der Waals surface area (Å²) in [5, 5.41) is 16.3. The van der Waals surface area contributed by atoms with Gasteiger partial charge in [-0.3, -0.25) is 19.1 Å². The van der Waals surface area contributed by atoms with Crippen molar-refractivity contribution in [2.75, 3.05) is 0 Å². The number of nitrogens with one attached hydrogen (secondary N) is 3. The maximum Gasteiger partial charge on any atom is 0.362 e. The molecule has 0 aliphatic rings. The molecule has 0 amide bonds. The van der Waals surface area contributed by atoms with E-state index < -0.39 is 79.0 Å². The van der Waals surface area contributed by atoms with Gasteiger partial charge in [0.15, 0.2) is 0 Å². The van der Waals surface area contributed by atoms with Crippen molar-refractivity contribution in [3.63, 3.8) is 0 Å². The Labute approximate surface area is 325 Å². The second-order valence-corrected chi connectivity index (χ2v) is 11.8. The molecule has 0 saturated heterocycles. The van der Waals surface area contributed by atoms with Gasteiger partial charge in [-0.1, -0.05) is 0 Å². The SMILES string of the molecule is Cn1[nH]ccc1=O.Cn1nccc1Oc1cc(-n2c(=O)cc(C(F)(F)Cl)[nH]c2=O)c(F)cc1C#N.N#Cc1cc(F)c(-n2c(=O)cc(C(F)(F)Cl)[nH]c2=O)cc1F.[F-]. The van der Waals surface area contributed by atoms with Gasteiger partial charge in [0.1, 0.15) is 46.7 Å². The van der Waals surface area contributed by atoms with Crippen LogP contribution in [0.4, 0.5) is 30.7 Å². The molecule has 4 heterocycles. The van der Waals surface area contributed by atoms with Gasteiger partial charge in [0.25, 0.3) is 16.7 Å². The average molecular weight is 862 g/mol. The third-order valence-electron chi connectivity index (χ3n) is 7.10. The van der Waals surface area contributed by atoms with Crippen LogP contribution in [0.15, 0.2) is 84.9 Å². The first-order chi connectivity index (χ1) is 26.6. The van der Waals surface area contributed by atoms with E-state index in [2.05, 4.69) is 21.8 Å². The summed E-state index contributed by atoms with van der Waals surface area (Å²) in [6.45, 7) is 0. The fourth-order valence-electron chi connectivity index (χ4n) is 4.40. The Kier molecular flexibility index (Phi) is 13.8. The topological polar surface area (TPSA) is 222 Å². The third-order valence-corrected chi connectivity index (χ3v) is 7.51. The maximum absolute atomic E-state index is 14.4. The third kappa shape index (κ3) is 10.2. The monoisotopic (exact) mass is 861 g/mol. The number of ether oxygens (including phenoxy) is 1. The molecule has 0 spiro atoms. The van der Waals surface area contributed by atoms with Crippen molar-refractivity contribution in [2.45, 2.75) is 10.8 Å². The molecule has 3 N–H and O–H groups in total. The molecule has 2 aromatic carbocycles. The molecule has 6 aromatic rings. The van der Waals surface area contributed by atoms with Crippen LogP contribution in [-0.2, 0) is 24.9 Å². The molecule has 0 radical (unpaired) electrons. The molecule has 26 heteroatoms. The molecular weight excluding hydrogens is 843 g/mol. The first-order valence-electron chi connectivity index (χ1n) is 14.9. The number of nitrogens with zero attached hydrogens (tertiary/aromatic N) is 7. The van der Waals surface area contributed by atoms with Gasteiger partial charge in [0, 0.05) is 56.7 Å². The number of nitriles is 2. The molecule has 0 aliphatic heterocycles. The zero-order valence-corrected chi connectivity index (χ0v) is 30.1. The Hall–Kier alpha value is -7.18. The lowest BCUT2D eigenvalue weighted by Crippen LogP contribution is -3.00. The van der Waals surface area contributed by atoms with E-state index in [1.54, 1.807) is 36.3 Å². The van der Waals surface area contributed by atoms with E-state index >= 15 is 0 Å². The van der Waals surface area contributed by atoms with Crippen molar-refractivity contribution in [2.24, 2.45) is 14.1 Å². The number of aryl methyl sites for hydroxylation is 2. The number of rotatable bonds is 6. The first-order valence-corrected chi connectivity index (χ1v) is 15.7. The Balaban J connectivity index is 0.000000266. The van der Waals surface area contributed by atoms with Gasteiger partial charge >= 0.3 is 22.1 Å². The Morgan fingerprint density at radius 2 is 1.19 bits per heavy atom. The minimum absolute atomic E-state index is 0. The molecular formula is C32H19Cl2F8N10O6-. The molecule has 0 bridgehead atoms. The standard InChI is InChI=1S/C16H9ClF3N5O3.C12H4ClF4N3O2.C4H6N2O.FH/c1-24-14(2-3-22-24)28-11-5-10(9(18)4-8(11)7-21)25-13(26)6-12(16(17,19)20)23-15(25)27;13-12(16,17)9-3-10(21)20(11(22)19-9)8-2-6(14)5(4-18)1-7(8)15;1-6-4(7)2-3-5-6;/h2-6H,1H3,(H,23,27);1-3H,(H,19,22);2-3,5H,1H3;1H/p-1. The molecule has 0 unspecified atom stereocenters. The highest BCUT2D eigenvalue weighted by molar-refractivity contribution is 6.21. The predicted molar refractivity (Wildman–Crippen MR) is 183 cm³/mol. The molecule has 0 saturated carbocycles. The van der Waals surface area contributed by atoms with Crippen LogP contribution in [-0.4, -0.2) is 38.7 Å². The molecule has 16 nitrogen and oxygen atoms in total. The summed E-state index contributed by atoms with van der Waals surface area (Å²) in [4.78, 5) is 61.4. The van der Waals surface area contributed by atoms with Gasteiger partial charge in [-0.15, -0.1) is 0 Å². The van der Waals surface area contributed by atoms with E-state index in [0.29, 0.717) is 18.2 Å². The normalized spacial score (nSPS) is 10.8. The number of aromatic amines is 3. The number of alkyl halides is 6. The lowest BCUT2D eigenvalue weighted by atomic mass is 10.2. The van der Waals surface area contributed by atoms with E-state index in [9.17, 15) is 60.0 Å². The Bertz CT molecular complexity index is 2810. The maximum atomic E-state index is 14.4. The van der Waals surface area contributed by atoms with Crippen LogP contribution in [0.1, 0.15) is 22.5 Å². The van der Waals surface area contributed by atoms with Crippen molar-refractivity contribution in [3.05, 3.63) is 153 Å². The van der Waals surface area contributed by atoms with Gasteiger partial charge in [-0.25, -0.2) is 36.6 Å². The minimum Gasteiger partial charge on any atom is -1.00 e. The molecule has 4 aromatic heterocycles. The van der Waals surface area contributed by atoms with Gasteiger partial charge < -0.3 is 24.5 Å². The fraction of sp³-hybridized carbons (Fsp3) is 0.125. The summed E-state index contributed by atoms with van der Waals surface area (Å²) < 4.78 is 102. The summed E-state index contributed by atoms with van der Waals surface area (Å²) in [6.07, 6.45) is 3.01. The van der Waals surface area contributed by atoms with Gasteiger partial charge in [-0.05, 0) is 35.3 Å². The van der Waals surface area contributed by atoms with Crippen LogP contribution in [0.5, 0.6) is 11.6 Å². The minimum atomic E-state index is -4.01. The molecule has 0 aliphatic carbocycles. The highest BCUT2D eigenvalue weighted by Crippen LogP contribution is 2.31. The Morgan fingerprint density at radius 1 is 0.707 bits per heavy atom. The number of benzene rings is 2. The van der Waals surface area contributed by atoms with Crippen LogP contribution >= 0.6 is 23.2 Å². The zero-order valence-electron chi connectivity index (χ0n) is 28.6. The highest BCUT2D eigenvalue weighted by atomic mass is 35.5. The summed E-state index contributed by atoms with van der Waals surface area (Å²) in [5.41, 5.74) is -10.0. The van der Waals surface area contributed by atoms with Crippen molar-refractivity contribution in [1.82, 2.24) is 38.7 Å². The van der Waals surface area contributed by atoms with Crippen LogP contribution in [0.3, 0.4) is 0 Å². The number of aromatic nitrogens is 8. The largest absolute Gasteiger partial charge is 1.00 e. The van der Waals surface area contributed by atoms with Crippen LogP contribution in [0.25, 0.3) is 11.4 Å². The second kappa shape index (κ2) is 17.7. The summed E-state index contributed by atoms with van der Waals surface area (Å²) in [6, 6.07) is 9.25. The second-order valence-electron chi connectivity index (χ2n) is 10.9. The highest BCUT2D eigenvalue weighted by Gasteiger charge is 2.32. The number of H-pyrrole nitrogens is 3. The van der Waals surface area contributed by atoms with E-state index in [1.165, 1.54) is 33.8 Å². The molecule has 58 heavy (non-hydrogen) atoms. The molecule has 0 fully saturated rings. The van der Waals surface area contributed by atoms with Crippen molar-refractivity contribution in [3.8, 4) is 35.1 Å². The summed E-state index contributed by atoms with van der Waals surface area (Å²) >= 11 is 9.48. The molecule has 0 atom stereocenters. The van der Waals surface area contributed by atoms with E-state index in [0.717, 1.165) is 12.1 Å². The summed E-state index contributed by atoms with van der Waals surface area (Å²) in [7, 11) is 3.22. The molecule has 6 rings (SSSR count). The van der Waals surface area contributed by atoms with Crippen molar-refractivity contribution < 1.29 is 40.2 Å². The van der Waals surface area contributed by atoms with Crippen LogP contribution < -0.4 is 37.5 Å². The van der Waals surface area contributed by atoms with Gasteiger partial charge in [0.05, 0.1) is 28.7 Å². The molecule has 304 valence electrons. The van der Waals surface area contributed by atoms with E-state index in [-0.39, 0.29) is 42.7 Å². The van der Waals surface area contributed by atoms with Gasteiger partial charge in [-0.2, -0.15) is 33.2 Å². The predicted octanol–water partition coefficient (Wildman–Crippen LogP) is 1.03. The van der Waals surface area contributed by atoms with Crippen LogP contribution in [0, 0.1) is 40.1 Å². The zero-order chi connectivity index (χ0) is 42.6. The van der Waals surface area contributed by atoms with E-state index in [1.807, 2.05) is 0 Å². The fourth-order valence-corrected chi connectivity index (χ4v) is 4.61. The average Bonchev–Trinajstić information content (AvgIpc) is 3.71. The number of halogens is 10. The van der Waals surface area contributed by atoms with Crippen molar-refractivity contribution in [1.29, 1.82) is 10.5 Å². The quantitative estimate of drug-likeness (QED) is 0.161. The van der Waals surface area contributed by atoms with Gasteiger partial charge in [0.2, 0.25) is 5.88 Å². The lowest BCUT2D eigenvalue weighted by Gasteiger charge is -2.13.